The number of nitrogens with one attached hydrogen (secondary N) is 2. The van der Waals surface area contributed by atoms with Crippen LogP contribution in [-0.4, -0.2) is 53.1 Å². The zero-order valence-corrected chi connectivity index (χ0v) is 24.8. The van der Waals surface area contributed by atoms with E-state index < -0.39 is 45.7 Å². The highest BCUT2D eigenvalue weighted by molar-refractivity contribution is 7.87. The number of anilines is 1. The number of hydrogen-bond acceptors (Lipinski definition) is 6. The number of carbonyl (C=O) groups excluding carboxylic acids is 1. The molecule has 40 heavy (non-hydrogen) atoms. The van der Waals surface area contributed by atoms with Gasteiger partial charge in [-0.1, -0.05) is 70.2 Å². The van der Waals surface area contributed by atoms with E-state index in [1.165, 1.54) is 30.5 Å². The third-order valence-corrected chi connectivity index (χ3v) is 8.08. The Morgan fingerprint density at radius 3 is 2.20 bits per heavy atom. The van der Waals surface area contributed by atoms with E-state index in [0.717, 1.165) is 28.1 Å². The second-order valence-corrected chi connectivity index (χ2v) is 12.7. The van der Waals surface area contributed by atoms with E-state index >= 15 is 0 Å². The fraction of sp³-hybridized carbons (Fsp3) is 0.393. The number of benzene rings is 2. The van der Waals surface area contributed by atoms with Crippen molar-refractivity contribution in [3.63, 3.8) is 0 Å². The molecular formula is C28H36N4O6S2. The number of rotatable bonds is 11. The quantitative estimate of drug-likeness (QED) is 0.227. The van der Waals surface area contributed by atoms with Crippen molar-refractivity contribution in [2.24, 2.45) is 5.41 Å². The first-order valence-corrected chi connectivity index (χ1v) is 15.1. The van der Waals surface area contributed by atoms with Crippen LogP contribution in [0.4, 0.5) is 10.5 Å². The molecule has 0 radical (unpaired) electrons. The van der Waals surface area contributed by atoms with Crippen molar-refractivity contribution in [3.8, 4) is 0 Å². The molecule has 0 fully saturated rings. The number of thiazole rings is 1. The molecule has 3 rings (SSSR count). The van der Waals surface area contributed by atoms with Crippen LogP contribution in [0.3, 0.4) is 0 Å². The standard InChI is InChI=1S/C28H36N4O6S2/c1-6-20-17-39-26(29-20)22(16-18-12-14-21(15-13-18)31-40(36,37)38)30-25(33)24(32(5)27(34)35)23(28(2,3)4)19-10-8-7-9-11-19/h7-15,17,22-24,31H,6,16H2,1-5H3,(H,30,33)(H,34,35)(H,36,37,38). The summed E-state index contributed by atoms with van der Waals surface area (Å²) in [4.78, 5) is 32.0. The van der Waals surface area contributed by atoms with Crippen LogP contribution in [0.25, 0.3) is 0 Å². The Hall–Kier alpha value is -3.48. The molecule has 12 heteroatoms. The van der Waals surface area contributed by atoms with Gasteiger partial charge in [0.15, 0.2) is 0 Å². The summed E-state index contributed by atoms with van der Waals surface area (Å²) in [6, 6.07) is 14.2. The lowest BCUT2D eigenvalue weighted by Gasteiger charge is -2.40. The van der Waals surface area contributed by atoms with Crippen LogP contribution < -0.4 is 10.0 Å². The lowest BCUT2D eigenvalue weighted by atomic mass is 9.71. The molecule has 3 aromatic rings. The molecule has 0 saturated heterocycles. The summed E-state index contributed by atoms with van der Waals surface area (Å²) in [6.45, 7) is 7.93. The van der Waals surface area contributed by atoms with Gasteiger partial charge in [0.05, 0.1) is 17.4 Å². The number of hydrogen-bond donors (Lipinski definition) is 4. The smallest absolute Gasteiger partial charge is 0.407 e. The van der Waals surface area contributed by atoms with Crippen LogP contribution >= 0.6 is 11.3 Å². The molecule has 216 valence electrons. The van der Waals surface area contributed by atoms with Gasteiger partial charge in [0.25, 0.3) is 0 Å². The second-order valence-electron chi connectivity index (χ2n) is 10.7. The van der Waals surface area contributed by atoms with Gasteiger partial charge in [0, 0.05) is 18.3 Å². The Morgan fingerprint density at radius 1 is 1.07 bits per heavy atom. The van der Waals surface area contributed by atoms with Gasteiger partial charge >= 0.3 is 16.4 Å². The van der Waals surface area contributed by atoms with Crippen LogP contribution in [0.5, 0.6) is 0 Å². The van der Waals surface area contributed by atoms with Gasteiger partial charge in [0.2, 0.25) is 5.91 Å². The molecule has 0 bridgehead atoms. The normalized spacial score (nSPS) is 14.2. The number of amides is 2. The van der Waals surface area contributed by atoms with E-state index in [-0.39, 0.29) is 5.69 Å². The van der Waals surface area contributed by atoms with Gasteiger partial charge < -0.3 is 10.4 Å². The highest BCUT2D eigenvalue weighted by Crippen LogP contribution is 2.40. The van der Waals surface area contributed by atoms with Crippen molar-refractivity contribution in [2.75, 3.05) is 11.8 Å². The maximum Gasteiger partial charge on any atom is 0.407 e. The van der Waals surface area contributed by atoms with E-state index in [9.17, 15) is 23.1 Å². The van der Waals surface area contributed by atoms with Crippen LogP contribution in [0.2, 0.25) is 0 Å². The van der Waals surface area contributed by atoms with Crippen molar-refractivity contribution >= 4 is 39.3 Å². The van der Waals surface area contributed by atoms with Gasteiger partial charge in [-0.05, 0) is 41.5 Å². The van der Waals surface area contributed by atoms with E-state index in [1.54, 1.807) is 12.1 Å². The predicted octanol–water partition coefficient (Wildman–Crippen LogP) is 5.13. The van der Waals surface area contributed by atoms with Gasteiger partial charge in [-0.25, -0.2) is 9.78 Å². The van der Waals surface area contributed by atoms with Gasteiger partial charge in [-0.15, -0.1) is 11.3 Å². The first kappa shape index (κ1) is 31.1. The molecule has 1 aromatic heterocycles. The Morgan fingerprint density at radius 2 is 1.70 bits per heavy atom. The minimum absolute atomic E-state index is 0.188. The first-order valence-electron chi connectivity index (χ1n) is 12.8. The minimum Gasteiger partial charge on any atom is -0.465 e. The number of carbonyl (C=O) groups is 2. The average molecular weight is 589 g/mol. The van der Waals surface area contributed by atoms with E-state index in [2.05, 4.69) is 10.3 Å². The maximum atomic E-state index is 14.1. The fourth-order valence-corrected chi connectivity index (χ4v) is 6.07. The van der Waals surface area contributed by atoms with E-state index in [1.807, 2.05) is 68.1 Å². The molecule has 0 spiro atoms. The lowest BCUT2D eigenvalue weighted by molar-refractivity contribution is -0.128. The van der Waals surface area contributed by atoms with E-state index in [0.29, 0.717) is 11.4 Å². The number of aromatic nitrogens is 1. The van der Waals surface area contributed by atoms with Crippen molar-refractivity contribution in [3.05, 3.63) is 81.8 Å². The fourth-order valence-electron chi connectivity index (χ4n) is 4.68. The average Bonchev–Trinajstić information content (AvgIpc) is 3.35. The van der Waals surface area contributed by atoms with Crippen molar-refractivity contribution in [2.45, 2.75) is 58.5 Å². The Labute approximate surface area is 239 Å². The molecule has 0 saturated carbocycles. The van der Waals surface area contributed by atoms with Crippen molar-refractivity contribution < 1.29 is 27.7 Å². The van der Waals surface area contributed by atoms with Crippen LogP contribution in [0, 0.1) is 5.41 Å². The Kier molecular flexibility index (Phi) is 9.93. The molecule has 2 amide bonds. The summed E-state index contributed by atoms with van der Waals surface area (Å²) in [5, 5.41) is 15.6. The van der Waals surface area contributed by atoms with Crippen molar-refractivity contribution in [1.82, 2.24) is 15.2 Å². The highest BCUT2D eigenvalue weighted by atomic mass is 32.2. The summed E-state index contributed by atoms with van der Waals surface area (Å²) in [6.07, 6.45) is -0.173. The zero-order chi connectivity index (χ0) is 29.7. The SMILES string of the molecule is CCc1csc(C(Cc2ccc(NS(=O)(=O)O)cc2)NC(=O)C(C(c2ccccc2)C(C)(C)C)N(C)C(=O)O)n1. The summed E-state index contributed by atoms with van der Waals surface area (Å²) in [5.74, 6) is -0.902. The highest BCUT2D eigenvalue weighted by Gasteiger charge is 2.42. The molecule has 0 aliphatic heterocycles. The molecule has 1 heterocycles. The molecule has 0 aliphatic carbocycles. The summed E-state index contributed by atoms with van der Waals surface area (Å²) in [7, 11) is -3.00. The molecule has 4 N–H and O–H groups in total. The molecular weight excluding hydrogens is 552 g/mol. The zero-order valence-electron chi connectivity index (χ0n) is 23.2. The van der Waals surface area contributed by atoms with Crippen LogP contribution in [-0.2, 0) is 27.9 Å². The first-order chi connectivity index (χ1) is 18.7. The number of aryl methyl sites for hydroxylation is 1. The Balaban J connectivity index is 1.99. The predicted molar refractivity (Wildman–Crippen MR) is 156 cm³/mol. The van der Waals surface area contributed by atoms with Crippen LogP contribution in [0.1, 0.15) is 61.5 Å². The van der Waals surface area contributed by atoms with Gasteiger partial charge in [-0.2, -0.15) is 8.42 Å². The molecule has 3 unspecified atom stereocenters. The third kappa shape index (κ3) is 8.26. The van der Waals surface area contributed by atoms with Gasteiger partial charge in [-0.3, -0.25) is 19.0 Å². The number of nitrogens with zero attached hydrogens (tertiary/aromatic N) is 2. The Bertz CT molecular complexity index is 1400. The third-order valence-electron chi connectivity index (χ3n) is 6.58. The molecule has 10 nitrogen and oxygen atoms in total. The maximum absolute atomic E-state index is 14.1. The van der Waals surface area contributed by atoms with Crippen molar-refractivity contribution in [1.29, 1.82) is 0 Å². The van der Waals surface area contributed by atoms with E-state index in [4.69, 9.17) is 4.55 Å². The summed E-state index contributed by atoms with van der Waals surface area (Å²) >= 11 is 1.41. The second kappa shape index (κ2) is 12.8. The largest absolute Gasteiger partial charge is 0.465 e. The topological polar surface area (TPSA) is 149 Å². The molecule has 3 atom stereocenters. The minimum atomic E-state index is -4.41. The number of carboxylic acid groups (broad SMARTS) is 1. The number of likely N-dealkylation sites (N-methyl/N-ethyl adjacent to an activating group) is 1. The summed E-state index contributed by atoms with van der Waals surface area (Å²) < 4.78 is 33.3. The molecule has 0 aliphatic rings. The monoisotopic (exact) mass is 588 g/mol. The van der Waals surface area contributed by atoms with Gasteiger partial charge in [0.1, 0.15) is 11.0 Å². The van der Waals surface area contributed by atoms with Crippen LogP contribution in [0.15, 0.2) is 60.0 Å². The summed E-state index contributed by atoms with van der Waals surface area (Å²) in [5.41, 5.74) is 2.23. The lowest BCUT2D eigenvalue weighted by Crippen LogP contribution is -2.53. The molecule has 2 aromatic carbocycles.